The molecule has 0 fully saturated rings. The number of carbonyl (C=O) groups excluding carboxylic acids is 1. The Hall–Kier alpha value is -0.410. The first-order chi connectivity index (χ1) is 5.77. The average molecular weight is 177 g/mol. The largest absolute Gasteiger partial charge is 0.359 e. The summed E-state index contributed by atoms with van der Waals surface area (Å²) in [5.41, 5.74) is 0. The maximum atomic E-state index is 10.2. The number of ether oxygens (including phenoxy) is 1. The van der Waals surface area contributed by atoms with Crippen molar-refractivity contribution in [2.24, 2.45) is 0 Å². The molecule has 0 aliphatic heterocycles. The molecular formula is C9H23NO2. The van der Waals surface area contributed by atoms with Crippen LogP contribution in [0.15, 0.2) is 0 Å². The quantitative estimate of drug-likeness (QED) is 0.526. The number of nitrogens with one attached hydrogen (secondary N) is 1. The van der Waals surface area contributed by atoms with Crippen molar-refractivity contribution in [3.8, 4) is 0 Å². The number of rotatable bonds is 4. The first-order valence-corrected chi connectivity index (χ1v) is 4.49. The highest BCUT2D eigenvalue weighted by Gasteiger charge is 1.88. The van der Waals surface area contributed by atoms with Gasteiger partial charge in [-0.3, -0.25) is 10.1 Å². The first-order valence-electron chi connectivity index (χ1n) is 4.49. The Kier molecular flexibility index (Phi) is 32.9. The highest BCUT2D eigenvalue weighted by atomic mass is 16.5. The number of carbonyl (C=O) groups is 1. The fraction of sp³-hybridized carbons (Fsp3) is 0.889. The van der Waals surface area contributed by atoms with Crippen molar-refractivity contribution in [3.05, 3.63) is 0 Å². The maximum absolute atomic E-state index is 10.2. The van der Waals surface area contributed by atoms with Gasteiger partial charge in [0, 0.05) is 0 Å². The molecule has 12 heavy (non-hydrogen) atoms. The molecular weight excluding hydrogens is 154 g/mol. The summed E-state index contributed by atoms with van der Waals surface area (Å²) in [4.78, 5) is 10.2. The molecule has 0 heterocycles. The predicted molar refractivity (Wildman–Crippen MR) is 53.3 cm³/mol. The lowest BCUT2D eigenvalue weighted by atomic mass is 10.5. The minimum absolute atomic E-state index is 0.0558. The van der Waals surface area contributed by atoms with Crippen molar-refractivity contribution in [1.82, 2.24) is 5.32 Å². The molecule has 0 bridgehead atoms. The molecule has 0 aromatic heterocycles. The minimum Gasteiger partial charge on any atom is -0.359 e. The van der Waals surface area contributed by atoms with Gasteiger partial charge in [-0.25, -0.2) is 0 Å². The molecule has 1 N–H and O–H groups in total. The van der Waals surface area contributed by atoms with Crippen LogP contribution >= 0.6 is 0 Å². The van der Waals surface area contributed by atoms with Crippen LogP contribution in [0.2, 0.25) is 0 Å². The van der Waals surface area contributed by atoms with Crippen LogP contribution in [0.25, 0.3) is 0 Å². The standard InChI is InChI=1S/C5H11NO2.2C2H6/c1-5(7)3-8-4-6-2;2*1-2/h6H,3-4H2,1-2H3;2*1-2H3. The summed E-state index contributed by atoms with van der Waals surface area (Å²) < 4.78 is 4.78. The van der Waals surface area contributed by atoms with Crippen LogP contribution in [-0.2, 0) is 9.53 Å². The summed E-state index contributed by atoms with van der Waals surface area (Å²) in [6, 6.07) is 0. The molecule has 0 saturated carbocycles. The van der Waals surface area contributed by atoms with Crippen LogP contribution in [0, 0.1) is 0 Å². The van der Waals surface area contributed by atoms with Crippen molar-refractivity contribution in [2.75, 3.05) is 20.4 Å². The molecule has 0 saturated heterocycles. The average Bonchev–Trinajstić information content (AvgIpc) is 2.12. The van der Waals surface area contributed by atoms with Crippen LogP contribution in [0.4, 0.5) is 0 Å². The minimum atomic E-state index is 0.0558. The molecule has 0 unspecified atom stereocenters. The van der Waals surface area contributed by atoms with E-state index in [0.717, 1.165) is 0 Å². The molecule has 0 radical (unpaired) electrons. The van der Waals surface area contributed by atoms with Gasteiger partial charge in [0.05, 0.1) is 6.73 Å². The van der Waals surface area contributed by atoms with Gasteiger partial charge >= 0.3 is 0 Å². The van der Waals surface area contributed by atoms with Crippen molar-refractivity contribution in [2.45, 2.75) is 34.6 Å². The predicted octanol–water partition coefficient (Wildman–Crippen LogP) is 1.82. The van der Waals surface area contributed by atoms with Crippen molar-refractivity contribution in [1.29, 1.82) is 0 Å². The molecule has 0 rings (SSSR count). The second-order valence-corrected chi connectivity index (χ2v) is 1.55. The lowest BCUT2D eigenvalue weighted by molar-refractivity contribution is -0.121. The Bertz CT molecular complexity index is 74.9. The highest BCUT2D eigenvalue weighted by molar-refractivity contribution is 5.76. The zero-order chi connectivity index (χ0) is 10.4. The van der Waals surface area contributed by atoms with Gasteiger partial charge < -0.3 is 4.74 Å². The monoisotopic (exact) mass is 177 g/mol. The zero-order valence-corrected chi connectivity index (χ0v) is 9.23. The fourth-order valence-electron chi connectivity index (χ4n) is 0.297. The fourth-order valence-corrected chi connectivity index (χ4v) is 0.297. The summed E-state index contributed by atoms with van der Waals surface area (Å²) in [5.74, 6) is 0.0558. The normalized spacial score (nSPS) is 7.17. The second-order valence-electron chi connectivity index (χ2n) is 1.55. The zero-order valence-electron chi connectivity index (χ0n) is 9.23. The van der Waals surface area contributed by atoms with E-state index in [1.165, 1.54) is 6.92 Å². The van der Waals surface area contributed by atoms with Gasteiger partial charge in [0.1, 0.15) is 6.61 Å². The Balaban J connectivity index is -0.000000175. The summed E-state index contributed by atoms with van der Waals surface area (Å²) in [6.07, 6.45) is 0. The Morgan fingerprint density at radius 3 is 1.92 bits per heavy atom. The van der Waals surface area contributed by atoms with Gasteiger partial charge in [-0.05, 0) is 14.0 Å². The summed E-state index contributed by atoms with van der Waals surface area (Å²) in [6.45, 7) is 10.1. The van der Waals surface area contributed by atoms with E-state index in [2.05, 4.69) is 5.32 Å². The molecule has 3 heteroatoms. The third kappa shape index (κ3) is 33.6. The van der Waals surface area contributed by atoms with Crippen molar-refractivity contribution < 1.29 is 9.53 Å². The van der Waals surface area contributed by atoms with E-state index in [-0.39, 0.29) is 12.4 Å². The molecule has 0 aromatic carbocycles. The van der Waals surface area contributed by atoms with Gasteiger partial charge in [0.2, 0.25) is 0 Å². The first kappa shape index (κ1) is 17.6. The number of hydrogen-bond acceptors (Lipinski definition) is 3. The van der Waals surface area contributed by atoms with Crippen LogP contribution in [0.1, 0.15) is 34.6 Å². The third-order valence-corrected chi connectivity index (χ3v) is 0.552. The highest BCUT2D eigenvalue weighted by Crippen LogP contribution is 1.70. The van der Waals surface area contributed by atoms with Crippen molar-refractivity contribution in [3.63, 3.8) is 0 Å². The van der Waals surface area contributed by atoms with Gasteiger partial charge in [-0.2, -0.15) is 0 Å². The van der Waals surface area contributed by atoms with E-state index < -0.39 is 0 Å². The van der Waals surface area contributed by atoms with Gasteiger partial charge in [0.15, 0.2) is 5.78 Å². The van der Waals surface area contributed by atoms with Crippen LogP contribution in [0.5, 0.6) is 0 Å². The molecule has 0 aromatic rings. The molecule has 0 atom stereocenters. The van der Waals surface area contributed by atoms with E-state index in [1.54, 1.807) is 7.05 Å². The van der Waals surface area contributed by atoms with E-state index >= 15 is 0 Å². The van der Waals surface area contributed by atoms with Crippen LogP contribution in [0.3, 0.4) is 0 Å². The van der Waals surface area contributed by atoms with Crippen molar-refractivity contribution >= 4 is 5.78 Å². The molecule has 3 nitrogen and oxygen atoms in total. The van der Waals surface area contributed by atoms with E-state index in [9.17, 15) is 4.79 Å². The SMILES string of the molecule is CC.CC.CNCOCC(C)=O. The number of Topliss-reactive ketones (excluding diaryl/α,β-unsaturated/α-hetero) is 1. The van der Waals surface area contributed by atoms with E-state index in [0.29, 0.717) is 6.73 Å². The Morgan fingerprint density at radius 1 is 1.25 bits per heavy atom. The Morgan fingerprint density at radius 2 is 1.67 bits per heavy atom. The lowest BCUT2D eigenvalue weighted by Crippen LogP contribution is -2.15. The van der Waals surface area contributed by atoms with E-state index in [1.807, 2.05) is 27.7 Å². The van der Waals surface area contributed by atoms with Crippen LogP contribution in [-0.4, -0.2) is 26.2 Å². The topological polar surface area (TPSA) is 38.3 Å². The second kappa shape index (κ2) is 22.4. The number of ketones is 1. The smallest absolute Gasteiger partial charge is 0.155 e. The van der Waals surface area contributed by atoms with Gasteiger partial charge in [-0.1, -0.05) is 27.7 Å². The third-order valence-electron chi connectivity index (χ3n) is 0.552. The summed E-state index contributed by atoms with van der Waals surface area (Å²) >= 11 is 0. The Labute approximate surface area is 76.5 Å². The van der Waals surface area contributed by atoms with Gasteiger partial charge in [-0.15, -0.1) is 0 Å². The molecule has 76 valence electrons. The molecule has 0 spiro atoms. The molecule has 0 amide bonds. The summed E-state index contributed by atoms with van der Waals surface area (Å²) in [7, 11) is 1.76. The lowest BCUT2D eigenvalue weighted by Gasteiger charge is -1.96. The molecule has 0 aliphatic carbocycles. The summed E-state index contributed by atoms with van der Waals surface area (Å²) in [5, 5.41) is 2.75. The number of hydrogen-bond donors (Lipinski definition) is 1. The molecule has 0 aliphatic rings. The van der Waals surface area contributed by atoms with E-state index in [4.69, 9.17) is 4.74 Å². The van der Waals surface area contributed by atoms with Gasteiger partial charge in [0.25, 0.3) is 0 Å². The maximum Gasteiger partial charge on any atom is 0.155 e. The van der Waals surface area contributed by atoms with Crippen LogP contribution < -0.4 is 5.32 Å².